The summed E-state index contributed by atoms with van der Waals surface area (Å²) in [6, 6.07) is 1.67. The Morgan fingerprint density at radius 3 is 2.92 bits per heavy atom. The highest BCUT2D eigenvalue weighted by Gasteiger charge is 2.16. The molecule has 0 aromatic carbocycles. The number of morpholine rings is 1. The molecular weight excluding hydrogens is 310 g/mol. The molecule has 2 aromatic heterocycles. The van der Waals surface area contributed by atoms with Crippen LogP contribution in [-0.2, 0) is 11.3 Å². The molecule has 130 valence electrons. The number of rotatable bonds is 6. The molecule has 0 atom stereocenters. The molecule has 2 aromatic rings. The van der Waals surface area contributed by atoms with Gasteiger partial charge in [-0.05, 0) is 12.0 Å². The Hall–Kier alpha value is -2.19. The summed E-state index contributed by atoms with van der Waals surface area (Å²) in [6.07, 6.45) is 3.26. The average Bonchev–Trinajstić information content (AvgIpc) is 3.22. The van der Waals surface area contributed by atoms with Gasteiger partial charge in [0.2, 0.25) is 5.89 Å². The van der Waals surface area contributed by atoms with Crippen LogP contribution in [0, 0.1) is 5.92 Å². The summed E-state index contributed by atoms with van der Waals surface area (Å²) in [6.45, 7) is 8.59. The predicted octanol–water partition coefficient (Wildman–Crippen LogP) is 1.08. The molecule has 0 radical (unpaired) electrons. The summed E-state index contributed by atoms with van der Waals surface area (Å²) in [5.41, 5.74) is 0.369. The summed E-state index contributed by atoms with van der Waals surface area (Å²) in [7, 11) is 0. The summed E-state index contributed by atoms with van der Waals surface area (Å²) >= 11 is 0. The topological polar surface area (TPSA) is 85.4 Å². The monoisotopic (exact) mass is 333 g/mol. The first-order chi connectivity index (χ1) is 11.6. The van der Waals surface area contributed by atoms with Gasteiger partial charge in [-0.15, -0.1) is 0 Å². The fourth-order valence-electron chi connectivity index (χ4n) is 2.39. The second-order valence-corrected chi connectivity index (χ2v) is 6.24. The lowest BCUT2D eigenvalue weighted by Gasteiger charge is -2.24. The number of nitrogens with zero attached hydrogens (tertiary/aromatic N) is 4. The Morgan fingerprint density at radius 1 is 1.38 bits per heavy atom. The van der Waals surface area contributed by atoms with Gasteiger partial charge in [0.15, 0.2) is 11.5 Å². The molecule has 1 amide bonds. The van der Waals surface area contributed by atoms with Crippen LogP contribution < -0.4 is 5.32 Å². The molecule has 1 fully saturated rings. The van der Waals surface area contributed by atoms with Crippen molar-refractivity contribution in [1.82, 2.24) is 25.0 Å². The van der Waals surface area contributed by atoms with Crippen molar-refractivity contribution in [2.24, 2.45) is 5.92 Å². The van der Waals surface area contributed by atoms with Gasteiger partial charge >= 0.3 is 0 Å². The van der Waals surface area contributed by atoms with E-state index in [0.29, 0.717) is 36.4 Å². The van der Waals surface area contributed by atoms with Crippen molar-refractivity contribution in [2.75, 3.05) is 32.8 Å². The minimum Gasteiger partial charge on any atom is -0.445 e. The zero-order valence-corrected chi connectivity index (χ0v) is 14.1. The van der Waals surface area contributed by atoms with E-state index in [1.165, 1.54) is 0 Å². The number of oxazole rings is 1. The minimum absolute atomic E-state index is 0.181. The minimum atomic E-state index is -0.181. The molecule has 1 N–H and O–H groups in total. The van der Waals surface area contributed by atoms with E-state index in [1.807, 2.05) is 13.8 Å². The van der Waals surface area contributed by atoms with Crippen LogP contribution in [0.3, 0.4) is 0 Å². The third kappa shape index (κ3) is 4.21. The van der Waals surface area contributed by atoms with Gasteiger partial charge in [-0.2, -0.15) is 10.1 Å². The van der Waals surface area contributed by atoms with Crippen molar-refractivity contribution in [2.45, 2.75) is 20.4 Å². The van der Waals surface area contributed by atoms with E-state index in [2.05, 4.69) is 20.3 Å². The highest BCUT2D eigenvalue weighted by Crippen LogP contribution is 2.11. The van der Waals surface area contributed by atoms with Crippen LogP contribution >= 0.6 is 0 Å². The Balaban J connectivity index is 1.61. The normalized spacial score (nSPS) is 15.8. The lowest BCUT2D eigenvalue weighted by Crippen LogP contribution is -2.35. The van der Waals surface area contributed by atoms with Crippen molar-refractivity contribution in [3.05, 3.63) is 30.1 Å². The maximum atomic E-state index is 12.0. The van der Waals surface area contributed by atoms with Crippen LogP contribution in [0.4, 0.5) is 0 Å². The summed E-state index contributed by atoms with van der Waals surface area (Å²) in [5, 5.41) is 7.11. The Labute approximate surface area is 140 Å². The molecule has 0 spiro atoms. The standard InChI is InChI=1S/C16H23N5O3/c1-12(2)9-17-16(22)13-3-4-21(19-13)14-11-24-15(18-14)10-20-5-7-23-8-6-20/h3-4,11-12H,5-10H2,1-2H3,(H,17,22). The van der Waals surface area contributed by atoms with E-state index < -0.39 is 0 Å². The lowest BCUT2D eigenvalue weighted by atomic mass is 10.2. The molecule has 1 aliphatic rings. The number of carbonyl (C=O) groups excluding carboxylic acids is 1. The number of aromatic nitrogens is 3. The van der Waals surface area contributed by atoms with Crippen LogP contribution in [0.1, 0.15) is 30.2 Å². The van der Waals surface area contributed by atoms with Gasteiger partial charge in [-0.1, -0.05) is 13.8 Å². The Bertz CT molecular complexity index is 673. The SMILES string of the molecule is CC(C)CNC(=O)c1ccn(-c2coc(CN3CCOCC3)n2)n1. The maximum absolute atomic E-state index is 12.0. The van der Waals surface area contributed by atoms with Gasteiger partial charge in [0.25, 0.3) is 5.91 Å². The van der Waals surface area contributed by atoms with E-state index in [9.17, 15) is 4.79 Å². The van der Waals surface area contributed by atoms with E-state index in [0.717, 1.165) is 26.3 Å². The molecule has 3 rings (SSSR count). The van der Waals surface area contributed by atoms with Gasteiger partial charge in [-0.25, -0.2) is 4.68 Å². The molecule has 24 heavy (non-hydrogen) atoms. The summed E-state index contributed by atoms with van der Waals surface area (Å²) < 4.78 is 12.4. The third-order valence-electron chi connectivity index (χ3n) is 3.73. The van der Waals surface area contributed by atoms with Crippen molar-refractivity contribution in [3.8, 4) is 5.82 Å². The van der Waals surface area contributed by atoms with Crippen molar-refractivity contribution < 1.29 is 13.9 Å². The quantitative estimate of drug-likeness (QED) is 0.851. The van der Waals surface area contributed by atoms with Crippen LogP contribution in [0.5, 0.6) is 0 Å². The zero-order chi connectivity index (χ0) is 16.9. The number of ether oxygens (including phenoxy) is 1. The van der Waals surface area contributed by atoms with Crippen LogP contribution in [0.15, 0.2) is 22.9 Å². The van der Waals surface area contributed by atoms with E-state index in [1.54, 1.807) is 23.2 Å². The molecule has 8 nitrogen and oxygen atoms in total. The molecule has 0 saturated carbocycles. The second-order valence-electron chi connectivity index (χ2n) is 6.24. The Morgan fingerprint density at radius 2 is 2.17 bits per heavy atom. The predicted molar refractivity (Wildman–Crippen MR) is 86.9 cm³/mol. The van der Waals surface area contributed by atoms with Crippen LogP contribution in [-0.4, -0.2) is 58.4 Å². The van der Waals surface area contributed by atoms with Gasteiger partial charge in [0.1, 0.15) is 6.26 Å². The fraction of sp³-hybridized carbons (Fsp3) is 0.562. The second kappa shape index (κ2) is 7.59. The van der Waals surface area contributed by atoms with E-state index in [4.69, 9.17) is 9.15 Å². The van der Waals surface area contributed by atoms with Crippen molar-refractivity contribution in [1.29, 1.82) is 0 Å². The molecule has 1 saturated heterocycles. The van der Waals surface area contributed by atoms with Crippen LogP contribution in [0.25, 0.3) is 5.82 Å². The molecular formula is C16H23N5O3. The summed E-state index contributed by atoms with van der Waals surface area (Å²) in [4.78, 5) is 18.7. The number of nitrogens with one attached hydrogen (secondary N) is 1. The Kier molecular flexibility index (Phi) is 5.27. The number of amides is 1. The first-order valence-corrected chi connectivity index (χ1v) is 8.20. The molecule has 0 unspecified atom stereocenters. The molecule has 0 bridgehead atoms. The fourth-order valence-corrected chi connectivity index (χ4v) is 2.39. The first kappa shape index (κ1) is 16.7. The lowest BCUT2D eigenvalue weighted by molar-refractivity contribution is 0.0306. The number of carbonyl (C=O) groups is 1. The van der Waals surface area contributed by atoms with Crippen molar-refractivity contribution >= 4 is 5.91 Å². The summed E-state index contributed by atoms with van der Waals surface area (Å²) in [5.74, 6) is 1.42. The highest BCUT2D eigenvalue weighted by atomic mass is 16.5. The maximum Gasteiger partial charge on any atom is 0.271 e. The van der Waals surface area contributed by atoms with Gasteiger partial charge in [0, 0.05) is 25.8 Å². The van der Waals surface area contributed by atoms with Gasteiger partial charge in [0.05, 0.1) is 19.8 Å². The van der Waals surface area contributed by atoms with Gasteiger partial charge < -0.3 is 14.5 Å². The largest absolute Gasteiger partial charge is 0.445 e. The smallest absolute Gasteiger partial charge is 0.271 e. The third-order valence-corrected chi connectivity index (χ3v) is 3.73. The molecule has 1 aliphatic heterocycles. The number of hydrogen-bond donors (Lipinski definition) is 1. The zero-order valence-electron chi connectivity index (χ0n) is 14.1. The van der Waals surface area contributed by atoms with Crippen LogP contribution in [0.2, 0.25) is 0 Å². The highest BCUT2D eigenvalue weighted by molar-refractivity contribution is 5.92. The molecule has 0 aliphatic carbocycles. The van der Waals surface area contributed by atoms with E-state index in [-0.39, 0.29) is 5.91 Å². The average molecular weight is 333 g/mol. The number of hydrogen-bond acceptors (Lipinski definition) is 6. The van der Waals surface area contributed by atoms with E-state index >= 15 is 0 Å². The van der Waals surface area contributed by atoms with Gasteiger partial charge in [-0.3, -0.25) is 9.69 Å². The molecule has 3 heterocycles. The first-order valence-electron chi connectivity index (χ1n) is 8.20. The molecule has 8 heteroatoms. The van der Waals surface area contributed by atoms with Crippen molar-refractivity contribution in [3.63, 3.8) is 0 Å².